The van der Waals surface area contributed by atoms with Crippen LogP contribution in [-0.2, 0) is 12.8 Å². The maximum Gasteiger partial charge on any atom is 0.251 e. The third kappa shape index (κ3) is 3.36. The predicted octanol–water partition coefficient (Wildman–Crippen LogP) is 2.52. The molecule has 1 aliphatic heterocycles. The third-order valence-corrected chi connectivity index (χ3v) is 4.56. The molecule has 0 atom stereocenters. The molecule has 3 N–H and O–H groups in total. The summed E-state index contributed by atoms with van der Waals surface area (Å²) in [5.41, 5.74) is 6.25. The standard InChI is InChI=1S/C19H26N4O/c1-4-7-21-19(24)15-11-14(12(2)10-13(15)3)18-22-16-5-8-20-9-6-17(16)23-18/h10-11,20H,4-9H2,1-3H3,(H,21,24)(H,22,23). The van der Waals surface area contributed by atoms with E-state index in [0.29, 0.717) is 6.54 Å². The van der Waals surface area contributed by atoms with Crippen molar-refractivity contribution in [2.24, 2.45) is 0 Å². The van der Waals surface area contributed by atoms with E-state index in [9.17, 15) is 4.79 Å². The first-order chi connectivity index (χ1) is 11.6. The molecule has 128 valence electrons. The number of rotatable bonds is 4. The summed E-state index contributed by atoms with van der Waals surface area (Å²) in [6, 6.07) is 4.05. The minimum atomic E-state index is -0.00656. The molecular weight excluding hydrogens is 300 g/mol. The maximum atomic E-state index is 12.4. The van der Waals surface area contributed by atoms with Gasteiger partial charge in [0, 0.05) is 49.3 Å². The van der Waals surface area contributed by atoms with Crippen molar-refractivity contribution >= 4 is 5.91 Å². The Hall–Kier alpha value is -2.14. The highest BCUT2D eigenvalue weighted by atomic mass is 16.1. The van der Waals surface area contributed by atoms with Gasteiger partial charge in [-0.25, -0.2) is 4.98 Å². The van der Waals surface area contributed by atoms with Crippen LogP contribution in [0.2, 0.25) is 0 Å². The van der Waals surface area contributed by atoms with Gasteiger partial charge in [0.15, 0.2) is 0 Å². The zero-order chi connectivity index (χ0) is 17.1. The Morgan fingerprint density at radius 2 is 2.00 bits per heavy atom. The molecule has 1 aromatic carbocycles. The van der Waals surface area contributed by atoms with E-state index in [1.54, 1.807) is 0 Å². The second-order valence-corrected chi connectivity index (χ2v) is 6.50. The fourth-order valence-corrected chi connectivity index (χ4v) is 3.22. The molecule has 2 aromatic rings. The average Bonchev–Trinajstić information content (AvgIpc) is 2.83. The number of hydrogen-bond acceptors (Lipinski definition) is 3. The van der Waals surface area contributed by atoms with E-state index >= 15 is 0 Å². The topological polar surface area (TPSA) is 69.8 Å². The van der Waals surface area contributed by atoms with E-state index in [1.165, 1.54) is 5.69 Å². The molecule has 5 heteroatoms. The van der Waals surface area contributed by atoms with Gasteiger partial charge in [-0.1, -0.05) is 13.0 Å². The van der Waals surface area contributed by atoms with Crippen LogP contribution in [0.25, 0.3) is 11.4 Å². The summed E-state index contributed by atoms with van der Waals surface area (Å²) >= 11 is 0. The number of benzene rings is 1. The number of aromatic amines is 1. The molecule has 1 aliphatic rings. The summed E-state index contributed by atoms with van der Waals surface area (Å²) in [4.78, 5) is 20.7. The monoisotopic (exact) mass is 326 g/mol. The van der Waals surface area contributed by atoms with Crippen LogP contribution in [0, 0.1) is 13.8 Å². The van der Waals surface area contributed by atoms with Gasteiger partial charge in [0.1, 0.15) is 5.82 Å². The molecule has 0 saturated heterocycles. The quantitative estimate of drug-likeness (QED) is 0.808. The number of H-pyrrole nitrogens is 1. The fraction of sp³-hybridized carbons (Fsp3) is 0.474. The van der Waals surface area contributed by atoms with Crippen LogP contribution in [-0.4, -0.2) is 35.5 Å². The predicted molar refractivity (Wildman–Crippen MR) is 96.4 cm³/mol. The highest BCUT2D eigenvalue weighted by Crippen LogP contribution is 2.26. The van der Waals surface area contributed by atoms with Gasteiger partial charge in [-0.3, -0.25) is 4.79 Å². The van der Waals surface area contributed by atoms with Gasteiger partial charge in [-0.2, -0.15) is 0 Å². The molecule has 0 spiro atoms. The summed E-state index contributed by atoms with van der Waals surface area (Å²) < 4.78 is 0. The smallest absolute Gasteiger partial charge is 0.251 e. The third-order valence-electron chi connectivity index (χ3n) is 4.56. The first-order valence-corrected chi connectivity index (χ1v) is 8.78. The van der Waals surface area contributed by atoms with E-state index in [1.807, 2.05) is 13.0 Å². The lowest BCUT2D eigenvalue weighted by atomic mass is 9.99. The summed E-state index contributed by atoms with van der Waals surface area (Å²) in [5, 5.41) is 6.36. The van der Waals surface area contributed by atoms with E-state index in [0.717, 1.165) is 66.1 Å². The molecule has 5 nitrogen and oxygen atoms in total. The summed E-state index contributed by atoms with van der Waals surface area (Å²) in [5.74, 6) is 0.872. The van der Waals surface area contributed by atoms with E-state index in [2.05, 4.69) is 35.5 Å². The van der Waals surface area contributed by atoms with Gasteiger partial charge in [0.25, 0.3) is 5.91 Å². The van der Waals surface area contributed by atoms with Crippen molar-refractivity contribution in [3.05, 3.63) is 40.2 Å². The van der Waals surface area contributed by atoms with Gasteiger partial charge in [-0.05, 0) is 37.5 Å². The highest BCUT2D eigenvalue weighted by molar-refractivity contribution is 5.97. The van der Waals surface area contributed by atoms with Crippen molar-refractivity contribution in [3.8, 4) is 11.4 Å². The Balaban J connectivity index is 1.97. The van der Waals surface area contributed by atoms with E-state index in [4.69, 9.17) is 4.98 Å². The first kappa shape index (κ1) is 16.7. The number of carbonyl (C=O) groups is 1. The number of fused-ring (bicyclic) bond motifs is 1. The molecule has 1 amide bonds. The van der Waals surface area contributed by atoms with Crippen molar-refractivity contribution in [1.29, 1.82) is 0 Å². The van der Waals surface area contributed by atoms with Crippen LogP contribution in [0.4, 0.5) is 0 Å². The lowest BCUT2D eigenvalue weighted by molar-refractivity contribution is 0.0953. The van der Waals surface area contributed by atoms with Crippen molar-refractivity contribution < 1.29 is 4.79 Å². The first-order valence-electron chi connectivity index (χ1n) is 8.78. The Morgan fingerprint density at radius 1 is 1.21 bits per heavy atom. The van der Waals surface area contributed by atoms with Crippen LogP contribution in [0.1, 0.15) is 46.2 Å². The van der Waals surface area contributed by atoms with E-state index < -0.39 is 0 Å². The number of imidazole rings is 1. The summed E-state index contributed by atoms with van der Waals surface area (Å²) in [6.07, 6.45) is 2.85. The number of aromatic nitrogens is 2. The van der Waals surface area contributed by atoms with Gasteiger partial charge in [-0.15, -0.1) is 0 Å². The minimum Gasteiger partial charge on any atom is -0.352 e. The number of hydrogen-bond donors (Lipinski definition) is 3. The zero-order valence-corrected chi connectivity index (χ0v) is 14.8. The van der Waals surface area contributed by atoms with Gasteiger partial charge in [0.2, 0.25) is 0 Å². The molecule has 2 heterocycles. The fourth-order valence-electron chi connectivity index (χ4n) is 3.22. The number of nitrogens with one attached hydrogen (secondary N) is 3. The van der Waals surface area contributed by atoms with Crippen LogP contribution in [0.5, 0.6) is 0 Å². The Bertz CT molecular complexity index is 725. The Labute approximate surface area is 143 Å². The molecule has 24 heavy (non-hydrogen) atoms. The average molecular weight is 326 g/mol. The molecule has 0 radical (unpaired) electrons. The van der Waals surface area contributed by atoms with Crippen molar-refractivity contribution in [3.63, 3.8) is 0 Å². The van der Waals surface area contributed by atoms with Crippen LogP contribution in [0.15, 0.2) is 12.1 Å². The van der Waals surface area contributed by atoms with Gasteiger partial charge >= 0.3 is 0 Å². The second-order valence-electron chi connectivity index (χ2n) is 6.50. The van der Waals surface area contributed by atoms with Crippen molar-refractivity contribution in [1.82, 2.24) is 20.6 Å². The molecule has 1 aromatic heterocycles. The molecular formula is C19H26N4O. The SMILES string of the molecule is CCCNC(=O)c1cc(-c2nc3c([nH]2)CCNCC3)c(C)cc1C. The maximum absolute atomic E-state index is 12.4. The number of aryl methyl sites for hydroxylation is 2. The number of carbonyl (C=O) groups excluding carboxylic acids is 1. The molecule has 0 bridgehead atoms. The number of amides is 1. The molecule has 3 rings (SSSR count). The van der Waals surface area contributed by atoms with E-state index in [-0.39, 0.29) is 5.91 Å². The molecule has 0 saturated carbocycles. The van der Waals surface area contributed by atoms with Gasteiger partial charge < -0.3 is 15.6 Å². The largest absolute Gasteiger partial charge is 0.352 e. The Kier molecular flexibility index (Phi) is 5.00. The molecule has 0 aliphatic carbocycles. The van der Waals surface area contributed by atoms with Crippen molar-refractivity contribution in [2.75, 3.05) is 19.6 Å². The second kappa shape index (κ2) is 7.18. The molecule has 0 unspecified atom stereocenters. The minimum absolute atomic E-state index is 0.00656. The lowest BCUT2D eigenvalue weighted by Crippen LogP contribution is -2.24. The van der Waals surface area contributed by atoms with Crippen molar-refractivity contribution in [2.45, 2.75) is 40.0 Å². The van der Waals surface area contributed by atoms with Gasteiger partial charge in [0.05, 0.1) is 5.69 Å². The van der Waals surface area contributed by atoms with Crippen LogP contribution in [0.3, 0.4) is 0 Å². The summed E-state index contributed by atoms with van der Waals surface area (Å²) in [6.45, 7) is 8.76. The highest BCUT2D eigenvalue weighted by Gasteiger charge is 2.17. The normalized spacial score (nSPS) is 14.1. The lowest BCUT2D eigenvalue weighted by Gasteiger charge is -2.11. The molecule has 0 fully saturated rings. The number of nitrogens with zero attached hydrogens (tertiary/aromatic N) is 1. The zero-order valence-electron chi connectivity index (χ0n) is 14.8. The Morgan fingerprint density at radius 3 is 2.79 bits per heavy atom. The van der Waals surface area contributed by atoms with Crippen LogP contribution < -0.4 is 10.6 Å². The van der Waals surface area contributed by atoms with Crippen LogP contribution >= 0.6 is 0 Å². The summed E-state index contributed by atoms with van der Waals surface area (Å²) in [7, 11) is 0.